The summed E-state index contributed by atoms with van der Waals surface area (Å²) in [7, 11) is 0. The highest BCUT2D eigenvalue weighted by atomic mass is 16.3. The Morgan fingerprint density at radius 2 is 0.721 bits per heavy atom. The number of nitrogens with zero attached hydrogens (tertiary/aromatic N) is 1. The summed E-state index contributed by atoms with van der Waals surface area (Å²) in [5.41, 5.74) is 16.6. The van der Waals surface area contributed by atoms with E-state index in [-0.39, 0.29) is 0 Å². The summed E-state index contributed by atoms with van der Waals surface area (Å²) in [6.07, 6.45) is 0. The van der Waals surface area contributed by atoms with E-state index < -0.39 is 0 Å². The molecule has 1 heterocycles. The van der Waals surface area contributed by atoms with Crippen LogP contribution in [0.5, 0.6) is 0 Å². The fourth-order valence-corrected chi connectivity index (χ4v) is 10.4. The van der Waals surface area contributed by atoms with Crippen molar-refractivity contribution in [1.29, 1.82) is 0 Å². The van der Waals surface area contributed by atoms with Crippen molar-refractivity contribution in [3.63, 3.8) is 0 Å². The van der Waals surface area contributed by atoms with Gasteiger partial charge in [0.25, 0.3) is 0 Å². The Kier molecular flexibility index (Phi) is 9.54. The Labute approximate surface area is 395 Å². The van der Waals surface area contributed by atoms with Crippen LogP contribution in [0.4, 0.5) is 17.1 Å². The van der Waals surface area contributed by atoms with Gasteiger partial charge in [0.2, 0.25) is 0 Å². The number of anilines is 3. The molecule has 0 radical (unpaired) electrons. The second-order valence-corrected chi connectivity index (χ2v) is 17.6. The van der Waals surface area contributed by atoms with E-state index in [0.29, 0.717) is 0 Å². The zero-order chi connectivity index (χ0) is 45.0. The minimum absolute atomic E-state index is 0.893. The van der Waals surface area contributed by atoms with Gasteiger partial charge in [-0.25, -0.2) is 0 Å². The Bertz CT molecular complexity index is 4030. The van der Waals surface area contributed by atoms with Crippen LogP contribution in [0.25, 0.3) is 110 Å². The normalized spacial score (nSPS) is 11.5. The molecule has 0 atom stereocenters. The Morgan fingerprint density at radius 1 is 0.250 bits per heavy atom. The van der Waals surface area contributed by atoms with Crippen LogP contribution >= 0.6 is 0 Å². The van der Waals surface area contributed by atoms with Gasteiger partial charge in [0.15, 0.2) is 0 Å². The molecule has 13 rings (SSSR count). The Morgan fingerprint density at radius 3 is 1.43 bits per heavy atom. The van der Waals surface area contributed by atoms with Crippen molar-refractivity contribution in [2.75, 3.05) is 4.90 Å². The van der Waals surface area contributed by atoms with Crippen LogP contribution in [0.1, 0.15) is 0 Å². The number of fused-ring (bicyclic) bond motifs is 7. The molecule has 68 heavy (non-hydrogen) atoms. The minimum atomic E-state index is 0.893. The molecular formula is C66H43NO. The summed E-state index contributed by atoms with van der Waals surface area (Å²) >= 11 is 0. The first-order valence-corrected chi connectivity index (χ1v) is 23.3. The summed E-state index contributed by atoms with van der Waals surface area (Å²) < 4.78 is 6.58. The average molecular weight is 866 g/mol. The molecule has 0 fully saturated rings. The second kappa shape index (κ2) is 16.5. The zero-order valence-corrected chi connectivity index (χ0v) is 37.2. The molecule has 12 aromatic carbocycles. The van der Waals surface area contributed by atoms with Gasteiger partial charge in [0.05, 0.1) is 0 Å². The van der Waals surface area contributed by atoms with Crippen LogP contribution in [0.2, 0.25) is 0 Å². The first-order valence-electron chi connectivity index (χ1n) is 23.3. The lowest BCUT2D eigenvalue weighted by molar-refractivity contribution is 0.670. The third-order valence-corrected chi connectivity index (χ3v) is 13.6. The molecule has 0 aliphatic carbocycles. The highest BCUT2D eigenvalue weighted by molar-refractivity contribution is 6.22. The number of rotatable bonds is 8. The van der Waals surface area contributed by atoms with E-state index in [1.54, 1.807) is 0 Å². The van der Waals surface area contributed by atoms with E-state index in [4.69, 9.17) is 4.42 Å². The smallest absolute Gasteiger partial charge is 0.143 e. The van der Waals surface area contributed by atoms with Gasteiger partial charge in [0.1, 0.15) is 11.2 Å². The summed E-state index contributed by atoms with van der Waals surface area (Å²) in [6.45, 7) is 0. The van der Waals surface area contributed by atoms with Gasteiger partial charge in [-0.3, -0.25) is 0 Å². The molecule has 0 aliphatic rings. The summed E-state index contributed by atoms with van der Waals surface area (Å²) in [5.74, 6) is 0. The first kappa shape index (κ1) is 39.4. The fourth-order valence-electron chi connectivity index (χ4n) is 10.4. The van der Waals surface area contributed by atoms with E-state index in [9.17, 15) is 0 Å². The number of hydrogen-bond acceptors (Lipinski definition) is 2. The first-order chi connectivity index (χ1) is 33.7. The SMILES string of the molecule is c1ccc(-c2c(-c3ccccc3)c3cc(-c4cccc(N(c5cccc(-c6ccc7ccccc7c6)c5)c5cccc(-c6cccc7c6oc6ccccc67)c5)c4)ccc3c3ccccc23)cc1. The molecule has 0 saturated carbocycles. The average Bonchev–Trinajstić information content (AvgIpc) is 3.80. The predicted molar refractivity (Wildman–Crippen MR) is 288 cm³/mol. The molecule has 0 unspecified atom stereocenters. The van der Waals surface area contributed by atoms with Gasteiger partial charge in [-0.15, -0.1) is 0 Å². The van der Waals surface area contributed by atoms with Gasteiger partial charge in [0, 0.05) is 33.4 Å². The lowest BCUT2D eigenvalue weighted by Gasteiger charge is -2.27. The molecule has 0 N–H and O–H groups in total. The van der Waals surface area contributed by atoms with E-state index in [1.807, 2.05) is 6.07 Å². The molecular weight excluding hydrogens is 823 g/mol. The van der Waals surface area contributed by atoms with Crippen molar-refractivity contribution >= 4 is 71.3 Å². The van der Waals surface area contributed by atoms with E-state index in [2.05, 4.69) is 260 Å². The van der Waals surface area contributed by atoms with Crippen molar-refractivity contribution in [2.45, 2.75) is 0 Å². The lowest BCUT2D eigenvalue weighted by Crippen LogP contribution is -2.10. The maximum atomic E-state index is 6.58. The monoisotopic (exact) mass is 865 g/mol. The largest absolute Gasteiger partial charge is 0.455 e. The van der Waals surface area contributed by atoms with Crippen LogP contribution < -0.4 is 4.90 Å². The van der Waals surface area contributed by atoms with Crippen LogP contribution in [0, 0.1) is 0 Å². The quantitative estimate of drug-likeness (QED) is 0.142. The third-order valence-electron chi connectivity index (χ3n) is 13.6. The van der Waals surface area contributed by atoms with Crippen molar-refractivity contribution in [3.8, 4) is 55.6 Å². The van der Waals surface area contributed by atoms with Gasteiger partial charge in [-0.1, -0.05) is 206 Å². The van der Waals surface area contributed by atoms with Gasteiger partial charge in [-0.05, 0) is 137 Å². The molecule has 13 aromatic rings. The van der Waals surface area contributed by atoms with Crippen LogP contribution in [0.3, 0.4) is 0 Å². The van der Waals surface area contributed by atoms with Crippen molar-refractivity contribution < 1.29 is 4.42 Å². The van der Waals surface area contributed by atoms with Crippen LogP contribution in [-0.2, 0) is 0 Å². The lowest BCUT2D eigenvalue weighted by atomic mass is 9.84. The van der Waals surface area contributed by atoms with E-state index >= 15 is 0 Å². The number of benzene rings is 12. The Hall–Kier alpha value is -8.98. The second-order valence-electron chi connectivity index (χ2n) is 17.6. The van der Waals surface area contributed by atoms with Gasteiger partial charge < -0.3 is 9.32 Å². The molecule has 0 aliphatic heterocycles. The van der Waals surface area contributed by atoms with E-state index in [0.717, 1.165) is 66.8 Å². The third kappa shape index (κ3) is 6.82. The van der Waals surface area contributed by atoms with Crippen LogP contribution in [-0.4, -0.2) is 0 Å². The number of para-hydroxylation sites is 2. The summed E-state index contributed by atoms with van der Waals surface area (Å²) in [4.78, 5) is 2.40. The Balaban J connectivity index is 0.999. The molecule has 2 nitrogen and oxygen atoms in total. The molecule has 318 valence electrons. The minimum Gasteiger partial charge on any atom is -0.455 e. The van der Waals surface area contributed by atoms with Crippen molar-refractivity contribution in [3.05, 3.63) is 261 Å². The molecule has 0 bridgehead atoms. The topological polar surface area (TPSA) is 16.4 Å². The number of hydrogen-bond donors (Lipinski definition) is 0. The maximum absolute atomic E-state index is 6.58. The molecule has 1 aromatic heterocycles. The standard InChI is InChI=1S/C66H43NO/c1-3-18-45(19-4-1)64-60-31-10-9-29-57(60)58-38-37-51(43-62(58)65(64)46-20-5-2-6-21-46)49-24-14-27-54(41-49)67(53-26-13-23-48(40-53)50-36-35-44-17-7-8-22-47(44)39-50)55-28-15-25-52(42-55)56-32-16-33-61-59-30-11-12-34-63(59)68-66(56)61/h1-43H. The van der Waals surface area contributed by atoms with Crippen molar-refractivity contribution in [1.82, 2.24) is 0 Å². The molecule has 0 amide bonds. The zero-order valence-electron chi connectivity index (χ0n) is 37.2. The predicted octanol–water partition coefficient (Wildman–Crippen LogP) is 18.9. The molecule has 0 spiro atoms. The van der Waals surface area contributed by atoms with E-state index in [1.165, 1.54) is 60.1 Å². The number of furan rings is 1. The van der Waals surface area contributed by atoms with Gasteiger partial charge in [-0.2, -0.15) is 0 Å². The molecule has 0 saturated heterocycles. The fraction of sp³-hybridized carbons (Fsp3) is 0. The van der Waals surface area contributed by atoms with Gasteiger partial charge >= 0.3 is 0 Å². The summed E-state index contributed by atoms with van der Waals surface area (Å²) in [5, 5.41) is 9.66. The van der Waals surface area contributed by atoms with Crippen LogP contribution in [0.15, 0.2) is 265 Å². The molecule has 2 heteroatoms. The summed E-state index contributed by atoms with van der Waals surface area (Å²) in [6, 6.07) is 94.6. The highest BCUT2D eigenvalue weighted by Crippen LogP contribution is 2.47. The highest BCUT2D eigenvalue weighted by Gasteiger charge is 2.21. The maximum Gasteiger partial charge on any atom is 0.143 e. The van der Waals surface area contributed by atoms with Crippen molar-refractivity contribution in [2.24, 2.45) is 0 Å².